The van der Waals surface area contributed by atoms with Gasteiger partial charge in [-0.15, -0.1) is 0 Å². The highest BCUT2D eigenvalue weighted by molar-refractivity contribution is 5.78. The minimum atomic E-state index is -0.971. The van der Waals surface area contributed by atoms with Crippen LogP contribution in [0.25, 0.3) is 0 Å². The average Bonchev–Trinajstić information content (AvgIpc) is 2.58. The van der Waals surface area contributed by atoms with E-state index in [1.807, 2.05) is 20.8 Å². The zero-order chi connectivity index (χ0) is 16.8. The molecule has 1 fully saturated rings. The molecule has 2 unspecified atom stereocenters. The van der Waals surface area contributed by atoms with Gasteiger partial charge in [0.2, 0.25) is 0 Å². The highest BCUT2D eigenvalue weighted by Gasteiger charge is 2.34. The monoisotopic (exact) mass is 316 g/mol. The fourth-order valence-electron chi connectivity index (χ4n) is 2.49. The van der Waals surface area contributed by atoms with E-state index in [9.17, 15) is 9.90 Å². The molecule has 5 nitrogen and oxygen atoms in total. The first-order valence-electron chi connectivity index (χ1n) is 8.27. The molecular formula is C17H32O5. The van der Waals surface area contributed by atoms with Crippen molar-refractivity contribution in [2.75, 3.05) is 13.2 Å². The molecule has 2 atom stereocenters. The van der Waals surface area contributed by atoms with Crippen molar-refractivity contribution >= 4 is 5.97 Å². The number of hydrogen-bond donors (Lipinski definition) is 1. The highest BCUT2D eigenvalue weighted by Crippen LogP contribution is 2.25. The quantitative estimate of drug-likeness (QED) is 0.464. The number of carbonyl (C=O) groups is 1. The highest BCUT2D eigenvalue weighted by atomic mass is 16.6. The summed E-state index contributed by atoms with van der Waals surface area (Å²) in [6.45, 7) is 9.96. The molecule has 0 bridgehead atoms. The van der Waals surface area contributed by atoms with Crippen LogP contribution in [0.15, 0.2) is 0 Å². The Morgan fingerprint density at radius 1 is 1.05 bits per heavy atom. The van der Waals surface area contributed by atoms with Gasteiger partial charge in [0, 0.05) is 0 Å². The largest absolute Gasteiger partial charge is 0.461 e. The van der Waals surface area contributed by atoms with Crippen LogP contribution in [-0.4, -0.2) is 47.7 Å². The zero-order valence-corrected chi connectivity index (χ0v) is 14.7. The van der Waals surface area contributed by atoms with Gasteiger partial charge < -0.3 is 19.3 Å². The SMILES string of the molecule is CC(C)(C)OCCOC(=O)C(C)(C)OC1CCCC(O)CC1. The summed E-state index contributed by atoms with van der Waals surface area (Å²) in [6.07, 6.45) is 3.90. The summed E-state index contributed by atoms with van der Waals surface area (Å²) in [5.74, 6) is -0.366. The summed E-state index contributed by atoms with van der Waals surface area (Å²) in [6, 6.07) is 0. The molecule has 1 aliphatic rings. The van der Waals surface area contributed by atoms with E-state index in [1.54, 1.807) is 13.8 Å². The van der Waals surface area contributed by atoms with Gasteiger partial charge in [-0.3, -0.25) is 0 Å². The summed E-state index contributed by atoms with van der Waals surface area (Å²) in [5.41, 5.74) is -1.21. The number of carbonyl (C=O) groups excluding carboxylic acids is 1. The molecule has 1 rings (SSSR count). The molecule has 0 aliphatic heterocycles. The van der Waals surface area contributed by atoms with Crippen LogP contribution < -0.4 is 0 Å². The van der Waals surface area contributed by atoms with Gasteiger partial charge in [-0.2, -0.15) is 0 Å². The predicted molar refractivity (Wildman–Crippen MR) is 84.7 cm³/mol. The van der Waals surface area contributed by atoms with Gasteiger partial charge in [-0.25, -0.2) is 4.79 Å². The van der Waals surface area contributed by atoms with Crippen LogP contribution in [0.2, 0.25) is 0 Å². The Labute approximate surface area is 134 Å². The molecule has 0 radical (unpaired) electrons. The van der Waals surface area contributed by atoms with Gasteiger partial charge in [0.1, 0.15) is 6.61 Å². The third-order valence-electron chi connectivity index (χ3n) is 3.69. The fourth-order valence-corrected chi connectivity index (χ4v) is 2.49. The van der Waals surface area contributed by atoms with Crippen molar-refractivity contribution in [3.05, 3.63) is 0 Å². The van der Waals surface area contributed by atoms with Crippen molar-refractivity contribution in [2.24, 2.45) is 0 Å². The Morgan fingerprint density at radius 2 is 1.73 bits per heavy atom. The van der Waals surface area contributed by atoms with Crippen molar-refractivity contribution in [1.29, 1.82) is 0 Å². The van der Waals surface area contributed by atoms with Crippen LogP contribution in [0.1, 0.15) is 66.7 Å². The van der Waals surface area contributed by atoms with Crippen molar-refractivity contribution in [2.45, 2.75) is 90.1 Å². The third-order valence-corrected chi connectivity index (χ3v) is 3.69. The van der Waals surface area contributed by atoms with E-state index in [2.05, 4.69) is 0 Å². The average molecular weight is 316 g/mol. The van der Waals surface area contributed by atoms with Crippen molar-refractivity contribution in [1.82, 2.24) is 0 Å². The van der Waals surface area contributed by atoms with Gasteiger partial charge in [-0.1, -0.05) is 0 Å². The van der Waals surface area contributed by atoms with Gasteiger partial charge in [0.05, 0.1) is 24.4 Å². The first-order valence-corrected chi connectivity index (χ1v) is 8.27. The Bertz CT molecular complexity index is 345. The predicted octanol–water partition coefficient (Wildman–Crippen LogP) is 2.83. The molecule has 5 heteroatoms. The minimum Gasteiger partial charge on any atom is -0.461 e. The molecule has 1 N–H and O–H groups in total. The first kappa shape index (κ1) is 19.4. The standard InChI is InChI=1S/C17H32O5/c1-16(2,3)21-12-11-20-15(19)17(4,5)22-14-8-6-7-13(18)9-10-14/h13-14,18H,6-12H2,1-5H3. The zero-order valence-electron chi connectivity index (χ0n) is 14.7. The van der Waals surface area contributed by atoms with E-state index in [0.29, 0.717) is 6.61 Å². The van der Waals surface area contributed by atoms with Gasteiger partial charge >= 0.3 is 5.97 Å². The second-order valence-electron chi connectivity index (χ2n) is 7.51. The molecule has 0 aromatic carbocycles. The van der Waals surface area contributed by atoms with Crippen LogP contribution in [-0.2, 0) is 19.0 Å². The lowest BCUT2D eigenvalue weighted by Crippen LogP contribution is -2.40. The van der Waals surface area contributed by atoms with Gasteiger partial charge in [0.25, 0.3) is 0 Å². The fraction of sp³-hybridized carbons (Fsp3) is 0.941. The van der Waals surface area contributed by atoms with Crippen LogP contribution in [0, 0.1) is 0 Å². The molecule has 0 spiro atoms. The number of aliphatic hydroxyl groups excluding tert-OH is 1. The van der Waals surface area contributed by atoms with E-state index in [0.717, 1.165) is 32.1 Å². The van der Waals surface area contributed by atoms with Crippen molar-refractivity contribution < 1.29 is 24.1 Å². The van der Waals surface area contributed by atoms with Gasteiger partial charge in [0.15, 0.2) is 5.60 Å². The Balaban J connectivity index is 2.35. The molecule has 22 heavy (non-hydrogen) atoms. The second kappa shape index (κ2) is 8.27. The Morgan fingerprint density at radius 3 is 2.36 bits per heavy atom. The lowest BCUT2D eigenvalue weighted by Gasteiger charge is -2.29. The molecular weight excluding hydrogens is 284 g/mol. The Hall–Kier alpha value is -0.650. The van der Waals surface area contributed by atoms with Crippen molar-refractivity contribution in [3.63, 3.8) is 0 Å². The molecule has 0 saturated heterocycles. The number of esters is 1. The molecule has 0 amide bonds. The lowest BCUT2D eigenvalue weighted by atomic mass is 10.1. The normalized spacial score (nSPS) is 23.9. The summed E-state index contributed by atoms with van der Waals surface area (Å²) in [4.78, 5) is 12.2. The van der Waals surface area contributed by atoms with Crippen LogP contribution in [0.3, 0.4) is 0 Å². The number of ether oxygens (including phenoxy) is 3. The molecule has 1 saturated carbocycles. The maximum Gasteiger partial charge on any atom is 0.337 e. The van der Waals surface area contributed by atoms with Crippen LogP contribution >= 0.6 is 0 Å². The van der Waals surface area contributed by atoms with E-state index < -0.39 is 5.60 Å². The number of rotatable bonds is 6. The van der Waals surface area contributed by atoms with E-state index in [4.69, 9.17) is 14.2 Å². The van der Waals surface area contributed by atoms with Gasteiger partial charge in [-0.05, 0) is 66.7 Å². The first-order chi connectivity index (χ1) is 10.1. The van der Waals surface area contributed by atoms with E-state index in [1.165, 1.54) is 0 Å². The second-order valence-corrected chi connectivity index (χ2v) is 7.51. The molecule has 130 valence electrons. The maximum atomic E-state index is 12.2. The number of aliphatic hydroxyl groups is 1. The van der Waals surface area contributed by atoms with Crippen LogP contribution in [0.4, 0.5) is 0 Å². The summed E-state index contributed by atoms with van der Waals surface area (Å²) in [5, 5.41) is 9.66. The van der Waals surface area contributed by atoms with Crippen LogP contribution in [0.5, 0.6) is 0 Å². The van der Waals surface area contributed by atoms with Crippen molar-refractivity contribution in [3.8, 4) is 0 Å². The van der Waals surface area contributed by atoms with E-state index in [-0.39, 0.29) is 30.4 Å². The smallest absolute Gasteiger partial charge is 0.337 e. The number of hydrogen-bond acceptors (Lipinski definition) is 5. The lowest BCUT2D eigenvalue weighted by molar-refractivity contribution is -0.178. The summed E-state index contributed by atoms with van der Waals surface area (Å²) >= 11 is 0. The maximum absolute atomic E-state index is 12.2. The van der Waals surface area contributed by atoms with E-state index >= 15 is 0 Å². The Kier molecular flexibility index (Phi) is 7.29. The molecule has 0 aromatic heterocycles. The summed E-state index contributed by atoms with van der Waals surface area (Å²) < 4.78 is 16.7. The molecule has 0 heterocycles. The minimum absolute atomic E-state index is 0.00512. The molecule has 1 aliphatic carbocycles. The topological polar surface area (TPSA) is 65.0 Å². The third kappa shape index (κ3) is 7.56. The summed E-state index contributed by atoms with van der Waals surface area (Å²) in [7, 11) is 0. The molecule has 0 aromatic rings.